The van der Waals surface area contributed by atoms with Crippen molar-refractivity contribution in [1.82, 2.24) is 15.0 Å². The lowest BCUT2D eigenvalue weighted by atomic mass is 9.86. The highest BCUT2D eigenvalue weighted by Gasteiger charge is 2.29. The molecule has 0 radical (unpaired) electrons. The zero-order valence-electron chi connectivity index (χ0n) is 16.5. The van der Waals surface area contributed by atoms with Crippen LogP contribution in [0, 0.1) is 5.92 Å². The van der Waals surface area contributed by atoms with Crippen LogP contribution in [-0.2, 0) is 23.1 Å². The third-order valence-corrected chi connectivity index (χ3v) is 4.75. The summed E-state index contributed by atoms with van der Waals surface area (Å²) in [7, 11) is 0. The van der Waals surface area contributed by atoms with Gasteiger partial charge in [0.2, 0.25) is 5.88 Å². The number of aromatic amines is 1. The number of aryl methyl sites for hydroxylation is 2. The normalized spacial score (nSPS) is 13.0. The van der Waals surface area contributed by atoms with Crippen LogP contribution in [-0.4, -0.2) is 25.8 Å². The zero-order valence-corrected chi connectivity index (χ0v) is 16.5. The molecule has 0 saturated heterocycles. The summed E-state index contributed by atoms with van der Waals surface area (Å²) < 4.78 is 0.994. The SMILES string of the molecule is CC(C)[C@H](C(=O)NO)n1c(O)c(CCc2ccc(C(C)(C)C)cc2)[nH]c1=O. The minimum absolute atomic E-state index is 0.0817. The van der Waals surface area contributed by atoms with Crippen LogP contribution in [0.15, 0.2) is 29.1 Å². The average molecular weight is 375 g/mol. The number of carbonyl (C=O) groups excluding carboxylic acids is 1. The van der Waals surface area contributed by atoms with E-state index in [9.17, 15) is 14.7 Å². The summed E-state index contributed by atoms with van der Waals surface area (Å²) in [6.07, 6.45) is 1.06. The number of benzene rings is 1. The van der Waals surface area contributed by atoms with Crippen molar-refractivity contribution in [3.05, 3.63) is 51.6 Å². The summed E-state index contributed by atoms with van der Waals surface area (Å²) >= 11 is 0. The lowest BCUT2D eigenvalue weighted by molar-refractivity contribution is -0.134. The highest BCUT2D eigenvalue weighted by Crippen LogP contribution is 2.26. The third kappa shape index (κ3) is 4.60. The van der Waals surface area contributed by atoms with E-state index in [1.54, 1.807) is 19.3 Å². The smallest absolute Gasteiger partial charge is 0.329 e. The van der Waals surface area contributed by atoms with Gasteiger partial charge >= 0.3 is 5.69 Å². The Morgan fingerprint density at radius 2 is 1.78 bits per heavy atom. The number of aromatic hydroxyl groups is 1. The van der Waals surface area contributed by atoms with E-state index in [0.717, 1.165) is 10.1 Å². The fourth-order valence-corrected chi connectivity index (χ4v) is 3.14. The molecule has 4 N–H and O–H groups in total. The van der Waals surface area contributed by atoms with E-state index in [-0.39, 0.29) is 17.2 Å². The van der Waals surface area contributed by atoms with Crippen molar-refractivity contribution in [3.63, 3.8) is 0 Å². The Hall–Kier alpha value is -2.54. The van der Waals surface area contributed by atoms with E-state index in [0.29, 0.717) is 18.5 Å². The van der Waals surface area contributed by atoms with Gasteiger partial charge < -0.3 is 10.1 Å². The molecule has 0 aliphatic heterocycles. The van der Waals surface area contributed by atoms with Gasteiger partial charge in [0.15, 0.2) is 0 Å². The fourth-order valence-electron chi connectivity index (χ4n) is 3.14. The highest BCUT2D eigenvalue weighted by atomic mass is 16.5. The van der Waals surface area contributed by atoms with E-state index in [2.05, 4.69) is 37.9 Å². The number of nitrogens with one attached hydrogen (secondary N) is 2. The first kappa shape index (κ1) is 20.8. The molecule has 7 nitrogen and oxygen atoms in total. The van der Waals surface area contributed by atoms with E-state index < -0.39 is 17.6 Å². The summed E-state index contributed by atoms with van der Waals surface area (Å²) in [4.78, 5) is 26.8. The molecule has 7 heteroatoms. The van der Waals surface area contributed by atoms with Crippen LogP contribution >= 0.6 is 0 Å². The number of amides is 1. The number of carbonyl (C=O) groups is 1. The second kappa shape index (κ2) is 8.00. The molecule has 148 valence electrons. The van der Waals surface area contributed by atoms with E-state index in [1.807, 2.05) is 12.1 Å². The van der Waals surface area contributed by atoms with Gasteiger partial charge in [-0.25, -0.2) is 10.3 Å². The Morgan fingerprint density at radius 1 is 1.19 bits per heavy atom. The van der Waals surface area contributed by atoms with Crippen LogP contribution in [0.1, 0.15) is 57.5 Å². The molecule has 27 heavy (non-hydrogen) atoms. The van der Waals surface area contributed by atoms with Crippen LogP contribution in [0.4, 0.5) is 0 Å². The molecule has 0 spiro atoms. The van der Waals surface area contributed by atoms with Gasteiger partial charge in [0.05, 0.1) is 5.69 Å². The molecule has 0 aliphatic rings. The average Bonchev–Trinajstić information content (AvgIpc) is 2.87. The van der Waals surface area contributed by atoms with Crippen molar-refractivity contribution in [2.24, 2.45) is 5.92 Å². The summed E-state index contributed by atoms with van der Waals surface area (Å²) in [5, 5.41) is 19.4. The third-order valence-electron chi connectivity index (χ3n) is 4.75. The monoisotopic (exact) mass is 375 g/mol. The van der Waals surface area contributed by atoms with E-state index >= 15 is 0 Å². The van der Waals surface area contributed by atoms with E-state index in [1.165, 1.54) is 5.56 Å². The van der Waals surface area contributed by atoms with Crippen LogP contribution in [0.5, 0.6) is 5.88 Å². The molecule has 2 rings (SSSR count). The maximum atomic E-state index is 12.3. The molecule has 0 saturated carbocycles. The molecule has 1 heterocycles. The Bertz CT molecular complexity index is 842. The molecular formula is C20H29N3O4. The number of hydrogen-bond donors (Lipinski definition) is 4. The molecule has 0 fully saturated rings. The van der Waals surface area contributed by atoms with Crippen molar-refractivity contribution in [3.8, 4) is 5.88 Å². The molecule has 1 aromatic carbocycles. The van der Waals surface area contributed by atoms with Crippen molar-refractivity contribution in [2.75, 3.05) is 0 Å². The molecule has 1 amide bonds. The van der Waals surface area contributed by atoms with Gasteiger partial charge in [-0.1, -0.05) is 58.9 Å². The molecule has 0 aliphatic carbocycles. The Kier molecular flexibility index (Phi) is 6.15. The van der Waals surface area contributed by atoms with Crippen molar-refractivity contribution >= 4 is 5.91 Å². The lowest BCUT2D eigenvalue weighted by Gasteiger charge is -2.20. The van der Waals surface area contributed by atoms with Gasteiger partial charge in [-0.3, -0.25) is 14.6 Å². The van der Waals surface area contributed by atoms with Gasteiger partial charge in [0, 0.05) is 0 Å². The number of rotatable bonds is 6. The first-order chi connectivity index (χ1) is 12.6. The maximum absolute atomic E-state index is 12.3. The van der Waals surface area contributed by atoms with Crippen LogP contribution in [0.2, 0.25) is 0 Å². The zero-order chi connectivity index (χ0) is 20.4. The van der Waals surface area contributed by atoms with Gasteiger partial charge in [-0.2, -0.15) is 0 Å². The number of aromatic nitrogens is 2. The van der Waals surface area contributed by atoms with Gasteiger partial charge in [0.1, 0.15) is 6.04 Å². The molecule has 1 atom stereocenters. The number of nitrogens with zero attached hydrogens (tertiary/aromatic N) is 1. The Balaban J connectivity index is 2.21. The largest absolute Gasteiger partial charge is 0.493 e. The van der Waals surface area contributed by atoms with Gasteiger partial charge in [-0.05, 0) is 35.3 Å². The van der Waals surface area contributed by atoms with Gasteiger partial charge in [-0.15, -0.1) is 0 Å². The first-order valence-corrected chi connectivity index (χ1v) is 9.12. The van der Waals surface area contributed by atoms with Crippen LogP contribution < -0.4 is 11.2 Å². The topological polar surface area (TPSA) is 107 Å². The Morgan fingerprint density at radius 3 is 2.26 bits per heavy atom. The van der Waals surface area contributed by atoms with Crippen molar-refractivity contribution in [1.29, 1.82) is 0 Å². The molecule has 1 aromatic heterocycles. The number of imidazole rings is 1. The predicted octanol–water partition coefficient (Wildman–Crippen LogP) is 2.67. The second-order valence-electron chi connectivity index (χ2n) is 8.21. The minimum Gasteiger partial charge on any atom is -0.493 e. The summed E-state index contributed by atoms with van der Waals surface area (Å²) in [6.45, 7) is 9.92. The van der Waals surface area contributed by atoms with E-state index in [4.69, 9.17) is 5.21 Å². The molecule has 0 unspecified atom stereocenters. The van der Waals surface area contributed by atoms with Crippen LogP contribution in [0.25, 0.3) is 0 Å². The number of hydrogen-bond acceptors (Lipinski definition) is 4. The Labute approximate surface area is 159 Å². The molecule has 2 aromatic rings. The fraction of sp³-hybridized carbons (Fsp3) is 0.500. The lowest BCUT2D eigenvalue weighted by Crippen LogP contribution is -2.37. The van der Waals surface area contributed by atoms with Crippen LogP contribution in [0.3, 0.4) is 0 Å². The summed E-state index contributed by atoms with van der Waals surface area (Å²) in [6, 6.07) is 7.26. The van der Waals surface area contributed by atoms with Crippen molar-refractivity contribution in [2.45, 2.75) is 58.9 Å². The number of H-pyrrole nitrogens is 1. The van der Waals surface area contributed by atoms with Gasteiger partial charge in [0.25, 0.3) is 5.91 Å². The van der Waals surface area contributed by atoms with Crippen molar-refractivity contribution < 1.29 is 15.1 Å². The predicted molar refractivity (Wildman–Crippen MR) is 103 cm³/mol. The summed E-state index contributed by atoms with van der Waals surface area (Å²) in [5.41, 5.74) is 3.76. The number of hydroxylamine groups is 1. The first-order valence-electron chi connectivity index (χ1n) is 9.12. The standard InChI is InChI=1S/C20H29N3O4/c1-12(2)16(17(24)22-27)23-18(25)15(21-19(23)26)11-8-13-6-9-14(10-7-13)20(3,4)5/h6-7,9-10,12,16,25,27H,8,11H2,1-5H3,(H,21,26)(H,22,24)/t16-/m1/s1. The minimum atomic E-state index is -1.00. The second-order valence-corrected chi connectivity index (χ2v) is 8.21. The maximum Gasteiger partial charge on any atom is 0.329 e. The summed E-state index contributed by atoms with van der Waals surface area (Å²) in [5.74, 6) is -1.31. The highest BCUT2D eigenvalue weighted by molar-refractivity contribution is 5.79. The molecular weight excluding hydrogens is 346 g/mol. The quantitative estimate of drug-likeness (QED) is 0.460. The molecule has 0 bridgehead atoms.